The van der Waals surface area contributed by atoms with Crippen LogP contribution in [0.25, 0.3) is 0 Å². The molecule has 2 rings (SSSR count). The van der Waals surface area contributed by atoms with Gasteiger partial charge in [0.15, 0.2) is 0 Å². The summed E-state index contributed by atoms with van der Waals surface area (Å²) in [5, 5.41) is 10.5. The molecule has 1 saturated heterocycles. The zero-order chi connectivity index (χ0) is 14.9. The number of hydrogen-bond donors (Lipinski definition) is 0. The molecule has 0 aromatic heterocycles. The lowest BCUT2D eigenvalue weighted by Crippen LogP contribution is -2.34. The number of nitro groups is 1. The lowest BCUT2D eigenvalue weighted by Gasteiger charge is -2.21. The molecule has 1 aliphatic rings. The van der Waals surface area contributed by atoms with Gasteiger partial charge in [0.25, 0.3) is 5.69 Å². The van der Waals surface area contributed by atoms with Gasteiger partial charge in [-0.25, -0.2) is 9.59 Å². The first-order chi connectivity index (χ1) is 9.31. The van der Waals surface area contributed by atoms with E-state index in [4.69, 9.17) is 9.47 Å². The van der Waals surface area contributed by atoms with E-state index in [1.165, 1.54) is 24.3 Å². The van der Waals surface area contributed by atoms with Gasteiger partial charge in [-0.1, -0.05) is 13.8 Å². The van der Waals surface area contributed by atoms with E-state index in [1.807, 2.05) is 0 Å². The molecule has 1 aliphatic heterocycles. The van der Waals surface area contributed by atoms with Crippen LogP contribution in [-0.2, 0) is 14.3 Å². The number of rotatable bonds is 3. The van der Waals surface area contributed by atoms with Gasteiger partial charge >= 0.3 is 11.9 Å². The minimum atomic E-state index is -0.967. The zero-order valence-electron chi connectivity index (χ0n) is 11.0. The van der Waals surface area contributed by atoms with Crippen molar-refractivity contribution in [2.45, 2.75) is 20.0 Å². The molecule has 1 atom stereocenters. The van der Waals surface area contributed by atoms with Gasteiger partial charge in [0, 0.05) is 17.5 Å². The quantitative estimate of drug-likeness (QED) is 0.474. The van der Waals surface area contributed by atoms with Crippen LogP contribution >= 0.6 is 0 Å². The minimum Gasteiger partial charge on any atom is -0.462 e. The maximum absolute atomic E-state index is 11.9. The Labute approximate surface area is 114 Å². The largest absolute Gasteiger partial charge is 0.462 e. The number of cyclic esters (lactones) is 1. The monoisotopic (exact) mass is 279 g/mol. The Morgan fingerprint density at radius 1 is 1.40 bits per heavy atom. The molecular formula is C13H13NO6. The molecule has 0 spiro atoms. The topological polar surface area (TPSA) is 95.7 Å². The summed E-state index contributed by atoms with van der Waals surface area (Å²) in [7, 11) is 0. The predicted molar refractivity (Wildman–Crippen MR) is 67.0 cm³/mol. The highest BCUT2D eigenvalue weighted by atomic mass is 16.6. The van der Waals surface area contributed by atoms with E-state index in [0.717, 1.165) is 0 Å². The SMILES string of the molecule is CC1(C)COC(=O)[C@@H]1OC(=O)c1ccc([N+](=O)[O-])cc1. The van der Waals surface area contributed by atoms with Crippen LogP contribution in [0.3, 0.4) is 0 Å². The van der Waals surface area contributed by atoms with Gasteiger partial charge in [-0.3, -0.25) is 10.1 Å². The van der Waals surface area contributed by atoms with Crippen LogP contribution in [0.4, 0.5) is 5.69 Å². The Morgan fingerprint density at radius 3 is 2.45 bits per heavy atom. The lowest BCUT2D eigenvalue weighted by atomic mass is 9.90. The Bertz CT molecular complexity index is 563. The second-order valence-corrected chi connectivity index (χ2v) is 5.19. The van der Waals surface area contributed by atoms with Crippen LogP contribution in [0.5, 0.6) is 0 Å². The average molecular weight is 279 g/mol. The highest BCUT2D eigenvalue weighted by molar-refractivity contribution is 5.92. The van der Waals surface area contributed by atoms with E-state index >= 15 is 0 Å². The number of ether oxygens (including phenoxy) is 2. The molecule has 0 amide bonds. The molecular weight excluding hydrogens is 266 g/mol. The normalized spacial score (nSPS) is 20.3. The van der Waals surface area contributed by atoms with Crippen molar-refractivity contribution >= 4 is 17.6 Å². The molecule has 0 N–H and O–H groups in total. The van der Waals surface area contributed by atoms with Crippen molar-refractivity contribution in [2.24, 2.45) is 5.41 Å². The van der Waals surface area contributed by atoms with Crippen LogP contribution in [0.1, 0.15) is 24.2 Å². The second kappa shape index (κ2) is 4.92. The first-order valence-electron chi connectivity index (χ1n) is 5.93. The van der Waals surface area contributed by atoms with Gasteiger partial charge in [-0.05, 0) is 12.1 Å². The third kappa shape index (κ3) is 2.61. The van der Waals surface area contributed by atoms with E-state index in [-0.39, 0.29) is 17.9 Å². The fourth-order valence-electron chi connectivity index (χ4n) is 1.83. The smallest absolute Gasteiger partial charge is 0.348 e. The molecule has 7 heteroatoms. The van der Waals surface area contributed by atoms with Crippen LogP contribution in [0.15, 0.2) is 24.3 Å². The van der Waals surface area contributed by atoms with E-state index in [2.05, 4.69) is 0 Å². The molecule has 1 aromatic carbocycles. The standard InChI is InChI=1S/C13H13NO6/c1-13(2)7-19-12(16)10(13)20-11(15)8-3-5-9(6-4-8)14(17)18/h3-6,10H,7H2,1-2H3/t10-/m0/s1. The van der Waals surface area contributed by atoms with E-state index in [0.29, 0.717) is 0 Å². The second-order valence-electron chi connectivity index (χ2n) is 5.19. The summed E-state index contributed by atoms with van der Waals surface area (Å²) in [5.41, 5.74) is -0.568. The van der Waals surface area contributed by atoms with Crippen LogP contribution in [0.2, 0.25) is 0 Å². The molecule has 0 radical (unpaired) electrons. The average Bonchev–Trinajstić information content (AvgIpc) is 2.65. The molecule has 1 fully saturated rings. The number of esters is 2. The van der Waals surface area contributed by atoms with Gasteiger partial charge in [0.2, 0.25) is 6.10 Å². The van der Waals surface area contributed by atoms with E-state index < -0.39 is 28.4 Å². The number of nitrogens with zero attached hydrogens (tertiary/aromatic N) is 1. The van der Waals surface area contributed by atoms with E-state index in [9.17, 15) is 19.7 Å². The van der Waals surface area contributed by atoms with Gasteiger partial charge in [-0.2, -0.15) is 0 Å². The predicted octanol–water partition coefficient (Wildman–Crippen LogP) is 1.70. The number of nitro benzene ring substituents is 1. The fourth-order valence-corrected chi connectivity index (χ4v) is 1.83. The van der Waals surface area contributed by atoms with Crippen molar-refractivity contribution in [1.82, 2.24) is 0 Å². The summed E-state index contributed by atoms with van der Waals surface area (Å²) in [5.74, 6) is -1.29. The third-order valence-electron chi connectivity index (χ3n) is 3.05. The maximum atomic E-state index is 11.9. The highest BCUT2D eigenvalue weighted by Gasteiger charge is 2.46. The summed E-state index contributed by atoms with van der Waals surface area (Å²) in [4.78, 5) is 33.4. The van der Waals surface area contributed by atoms with E-state index in [1.54, 1.807) is 13.8 Å². The number of hydrogen-bond acceptors (Lipinski definition) is 6. The van der Waals surface area contributed by atoms with Gasteiger partial charge in [-0.15, -0.1) is 0 Å². The molecule has 106 valence electrons. The Hall–Kier alpha value is -2.44. The van der Waals surface area contributed by atoms with Gasteiger partial charge in [0.1, 0.15) is 6.61 Å². The zero-order valence-corrected chi connectivity index (χ0v) is 11.0. The van der Waals surface area contributed by atoms with Crippen molar-refractivity contribution in [2.75, 3.05) is 6.61 Å². The fraction of sp³-hybridized carbons (Fsp3) is 0.385. The number of carbonyl (C=O) groups excluding carboxylic acids is 2. The molecule has 7 nitrogen and oxygen atoms in total. The molecule has 20 heavy (non-hydrogen) atoms. The minimum absolute atomic E-state index is 0.123. The van der Waals surface area contributed by atoms with Crippen molar-refractivity contribution < 1.29 is 24.0 Å². The maximum Gasteiger partial charge on any atom is 0.348 e. The summed E-state index contributed by atoms with van der Waals surface area (Å²) in [6, 6.07) is 4.98. The first-order valence-corrected chi connectivity index (χ1v) is 5.93. The first kappa shape index (κ1) is 14.0. The Morgan fingerprint density at radius 2 is 2.00 bits per heavy atom. The molecule has 0 bridgehead atoms. The molecule has 0 aliphatic carbocycles. The summed E-state index contributed by atoms with van der Waals surface area (Å²) >= 11 is 0. The van der Waals surface area contributed by atoms with Crippen LogP contribution in [-0.4, -0.2) is 29.6 Å². The van der Waals surface area contributed by atoms with Crippen LogP contribution < -0.4 is 0 Å². The summed E-state index contributed by atoms with van der Waals surface area (Å²) in [6.45, 7) is 3.70. The third-order valence-corrected chi connectivity index (χ3v) is 3.05. The van der Waals surface area contributed by atoms with Gasteiger partial charge in [0.05, 0.1) is 10.5 Å². The molecule has 0 unspecified atom stereocenters. The lowest BCUT2D eigenvalue weighted by molar-refractivity contribution is -0.384. The van der Waals surface area contributed by atoms with Crippen molar-refractivity contribution in [3.63, 3.8) is 0 Å². The Balaban J connectivity index is 2.12. The van der Waals surface area contributed by atoms with Crippen molar-refractivity contribution in [3.8, 4) is 0 Å². The Kier molecular flexibility index (Phi) is 3.44. The number of benzene rings is 1. The number of non-ortho nitro benzene ring substituents is 1. The highest BCUT2D eigenvalue weighted by Crippen LogP contribution is 2.31. The number of carbonyl (C=O) groups is 2. The van der Waals surface area contributed by atoms with Crippen molar-refractivity contribution in [1.29, 1.82) is 0 Å². The van der Waals surface area contributed by atoms with Crippen molar-refractivity contribution in [3.05, 3.63) is 39.9 Å². The summed E-state index contributed by atoms with van der Waals surface area (Å²) < 4.78 is 10.0. The summed E-state index contributed by atoms with van der Waals surface area (Å²) in [6.07, 6.45) is -0.967. The van der Waals surface area contributed by atoms with Gasteiger partial charge < -0.3 is 9.47 Å². The molecule has 1 heterocycles. The molecule has 0 saturated carbocycles. The molecule has 1 aromatic rings. The van der Waals surface area contributed by atoms with Crippen LogP contribution in [0, 0.1) is 15.5 Å².